The van der Waals surface area contributed by atoms with Gasteiger partial charge in [0.1, 0.15) is 23.9 Å². The van der Waals surface area contributed by atoms with Crippen LogP contribution >= 0.6 is 0 Å². The van der Waals surface area contributed by atoms with E-state index in [-0.39, 0.29) is 34.3 Å². The van der Waals surface area contributed by atoms with Gasteiger partial charge in [-0.15, -0.1) is 0 Å². The van der Waals surface area contributed by atoms with Gasteiger partial charge in [0.2, 0.25) is 5.76 Å². The minimum absolute atomic E-state index is 0.0106. The Hall–Kier alpha value is -7.18. The van der Waals surface area contributed by atoms with E-state index < -0.39 is 27.8 Å². The Kier molecular flexibility index (Phi) is 12.1. The Balaban J connectivity index is 0.000000208. The van der Waals surface area contributed by atoms with Gasteiger partial charge in [-0.25, -0.2) is 17.9 Å². The molecule has 0 saturated carbocycles. The first kappa shape index (κ1) is 39.5. The second-order valence-electron chi connectivity index (χ2n) is 12.9. The van der Waals surface area contributed by atoms with Crippen molar-refractivity contribution < 1.29 is 41.5 Å². The summed E-state index contributed by atoms with van der Waals surface area (Å²) >= 11 is 0. The Bertz CT molecular complexity index is 2610. The molecule has 0 aliphatic rings. The van der Waals surface area contributed by atoms with E-state index in [1.165, 1.54) is 25.1 Å². The van der Waals surface area contributed by atoms with E-state index in [4.69, 9.17) is 18.7 Å². The van der Waals surface area contributed by atoms with Crippen LogP contribution < -0.4 is 14.8 Å². The minimum atomic E-state index is -4.10. The molecule has 57 heavy (non-hydrogen) atoms. The standard InChI is InChI=1S/C26H22N2O5S.C19H16O4/c1-17-8-6-7-11-24(17)34(31,32)28-26(30)23-16-22(18(2)33-23)25(29)27-21-14-12-20(13-15-21)19-9-4-3-5-10-19;1-13-16(11-18(23-13)19(20)21)12-22-17-9-7-15(8-10-17)14-5-3-2-4-6-14/h3-16H,1-2H3,(H,27,29)(H,28,30);2-11H,12H2,1H3,(H,20,21). The summed E-state index contributed by atoms with van der Waals surface area (Å²) in [6.07, 6.45) is 0. The average Bonchev–Trinajstić information content (AvgIpc) is 3.80. The van der Waals surface area contributed by atoms with Gasteiger partial charge in [-0.1, -0.05) is 103 Å². The van der Waals surface area contributed by atoms with Crippen LogP contribution in [0, 0.1) is 20.8 Å². The van der Waals surface area contributed by atoms with Crippen molar-refractivity contribution in [3.8, 4) is 28.0 Å². The van der Waals surface area contributed by atoms with Gasteiger partial charge in [0.15, 0.2) is 5.76 Å². The Morgan fingerprint density at radius 3 is 1.70 bits per heavy atom. The monoisotopic (exact) mass is 782 g/mol. The third-order valence-electron chi connectivity index (χ3n) is 8.83. The fourth-order valence-corrected chi connectivity index (χ4v) is 6.99. The number of furan rings is 2. The fourth-order valence-electron chi connectivity index (χ4n) is 5.78. The third-order valence-corrected chi connectivity index (χ3v) is 10.3. The van der Waals surface area contributed by atoms with Crippen LogP contribution in [-0.4, -0.2) is 31.3 Å². The third kappa shape index (κ3) is 9.93. The Morgan fingerprint density at radius 1 is 0.614 bits per heavy atom. The molecule has 0 spiro atoms. The average molecular weight is 783 g/mol. The molecule has 12 heteroatoms. The van der Waals surface area contributed by atoms with Gasteiger partial charge in [0, 0.05) is 17.3 Å². The summed E-state index contributed by atoms with van der Waals surface area (Å²) in [5.41, 5.74) is 6.26. The number of anilines is 1. The van der Waals surface area contributed by atoms with Crippen LogP contribution in [0.25, 0.3) is 22.3 Å². The lowest BCUT2D eigenvalue weighted by atomic mass is 10.1. The molecule has 0 bridgehead atoms. The molecule has 5 aromatic carbocycles. The maximum absolute atomic E-state index is 12.8. The van der Waals surface area contributed by atoms with E-state index in [2.05, 4.69) is 17.4 Å². The summed E-state index contributed by atoms with van der Waals surface area (Å²) < 4.78 is 43.4. The second-order valence-corrected chi connectivity index (χ2v) is 14.5. The van der Waals surface area contributed by atoms with Crippen LogP contribution in [0.1, 0.15) is 54.1 Å². The van der Waals surface area contributed by atoms with Crippen LogP contribution in [0.15, 0.2) is 159 Å². The van der Waals surface area contributed by atoms with Crippen molar-refractivity contribution in [2.45, 2.75) is 32.3 Å². The Morgan fingerprint density at radius 2 is 1.14 bits per heavy atom. The van der Waals surface area contributed by atoms with Crippen molar-refractivity contribution in [1.29, 1.82) is 0 Å². The zero-order chi connectivity index (χ0) is 40.5. The number of benzene rings is 5. The van der Waals surface area contributed by atoms with Crippen molar-refractivity contribution >= 4 is 33.5 Å². The van der Waals surface area contributed by atoms with Gasteiger partial charge in [0.25, 0.3) is 15.9 Å². The SMILES string of the molecule is Cc1ccccc1S(=O)(=O)NC(=O)c1cc(C(=O)Nc2ccc(-c3ccccc3)cc2)c(C)o1.Cc1oc(C(=O)O)cc1COc1ccc(-c2ccccc2)cc1. The largest absolute Gasteiger partial charge is 0.489 e. The van der Waals surface area contributed by atoms with Crippen LogP contribution in [0.4, 0.5) is 5.69 Å². The van der Waals surface area contributed by atoms with Crippen LogP contribution in [-0.2, 0) is 16.6 Å². The molecule has 2 amide bonds. The highest BCUT2D eigenvalue weighted by Crippen LogP contribution is 2.25. The number of aromatic carboxylic acids is 1. The molecule has 7 aromatic rings. The minimum Gasteiger partial charge on any atom is -0.489 e. The molecular formula is C45H38N2O9S. The molecule has 0 fully saturated rings. The lowest BCUT2D eigenvalue weighted by Crippen LogP contribution is -2.30. The zero-order valence-corrected chi connectivity index (χ0v) is 32.0. The van der Waals surface area contributed by atoms with Crippen molar-refractivity contribution in [2.24, 2.45) is 0 Å². The van der Waals surface area contributed by atoms with Gasteiger partial charge < -0.3 is 24.0 Å². The first-order chi connectivity index (χ1) is 27.4. The number of hydrogen-bond acceptors (Lipinski definition) is 8. The van der Waals surface area contributed by atoms with Gasteiger partial charge in [-0.05, 0) is 85.0 Å². The van der Waals surface area contributed by atoms with E-state index in [9.17, 15) is 22.8 Å². The highest BCUT2D eigenvalue weighted by molar-refractivity contribution is 7.90. The molecule has 0 aliphatic heterocycles. The predicted octanol–water partition coefficient (Wildman–Crippen LogP) is 9.47. The van der Waals surface area contributed by atoms with Gasteiger partial charge in [0.05, 0.1) is 10.5 Å². The molecule has 0 unspecified atom stereocenters. The number of carboxylic acids is 1. The number of sulfonamides is 1. The molecule has 7 rings (SSSR count). The van der Waals surface area contributed by atoms with E-state index in [0.717, 1.165) is 33.6 Å². The number of carbonyl (C=O) groups is 3. The number of amides is 2. The van der Waals surface area contributed by atoms with Crippen molar-refractivity contribution in [1.82, 2.24) is 4.72 Å². The van der Waals surface area contributed by atoms with Crippen molar-refractivity contribution in [2.75, 3.05) is 5.32 Å². The number of rotatable bonds is 11. The van der Waals surface area contributed by atoms with Crippen molar-refractivity contribution in [3.05, 3.63) is 185 Å². The van der Waals surface area contributed by atoms with E-state index in [0.29, 0.717) is 17.0 Å². The smallest absolute Gasteiger partial charge is 0.371 e. The molecule has 2 heterocycles. The highest BCUT2D eigenvalue weighted by Gasteiger charge is 2.25. The van der Waals surface area contributed by atoms with Gasteiger partial charge >= 0.3 is 11.9 Å². The number of hydrogen-bond donors (Lipinski definition) is 3. The lowest BCUT2D eigenvalue weighted by Gasteiger charge is -2.07. The van der Waals surface area contributed by atoms with E-state index in [1.807, 2.05) is 89.7 Å². The molecule has 288 valence electrons. The summed E-state index contributed by atoms with van der Waals surface area (Å²) in [5, 5.41) is 11.7. The summed E-state index contributed by atoms with van der Waals surface area (Å²) in [6.45, 7) is 5.15. The fraction of sp³-hybridized carbons (Fsp3) is 0.0889. The number of nitrogens with one attached hydrogen (secondary N) is 2. The normalized spacial score (nSPS) is 10.9. The van der Waals surface area contributed by atoms with Crippen LogP contribution in [0.5, 0.6) is 5.75 Å². The van der Waals surface area contributed by atoms with E-state index >= 15 is 0 Å². The number of carbonyl (C=O) groups excluding carboxylic acids is 2. The number of carboxylic acid groups (broad SMARTS) is 1. The molecule has 0 saturated heterocycles. The predicted molar refractivity (Wildman–Crippen MR) is 216 cm³/mol. The maximum atomic E-state index is 12.8. The Labute approximate surface area is 329 Å². The van der Waals surface area contributed by atoms with Crippen molar-refractivity contribution in [3.63, 3.8) is 0 Å². The maximum Gasteiger partial charge on any atom is 0.371 e. The molecule has 2 aromatic heterocycles. The molecular weight excluding hydrogens is 745 g/mol. The van der Waals surface area contributed by atoms with Gasteiger partial charge in [-0.3, -0.25) is 9.59 Å². The molecule has 11 nitrogen and oxygen atoms in total. The van der Waals surface area contributed by atoms with Crippen LogP contribution in [0.3, 0.4) is 0 Å². The molecule has 3 N–H and O–H groups in total. The summed E-state index contributed by atoms with van der Waals surface area (Å²) in [7, 11) is -4.10. The van der Waals surface area contributed by atoms with E-state index in [1.54, 1.807) is 44.2 Å². The van der Waals surface area contributed by atoms with Crippen LogP contribution in [0.2, 0.25) is 0 Å². The zero-order valence-electron chi connectivity index (χ0n) is 31.2. The second kappa shape index (κ2) is 17.5. The summed E-state index contributed by atoms with van der Waals surface area (Å²) in [6, 6.07) is 44.1. The lowest BCUT2D eigenvalue weighted by molar-refractivity contribution is 0.0660. The molecule has 0 aliphatic carbocycles. The molecule has 0 atom stereocenters. The summed E-state index contributed by atoms with van der Waals surface area (Å²) in [5.74, 6) is -1.39. The number of ether oxygens (including phenoxy) is 1. The molecule has 0 radical (unpaired) electrons. The topological polar surface area (TPSA) is 165 Å². The quantitative estimate of drug-likeness (QED) is 0.116. The van der Waals surface area contributed by atoms with Gasteiger partial charge in [-0.2, -0.15) is 0 Å². The first-order valence-corrected chi connectivity index (χ1v) is 19.2. The summed E-state index contributed by atoms with van der Waals surface area (Å²) in [4.78, 5) is 36.2. The number of aryl methyl sites for hydroxylation is 3. The highest BCUT2D eigenvalue weighted by atomic mass is 32.2. The first-order valence-electron chi connectivity index (χ1n) is 17.7.